The van der Waals surface area contributed by atoms with Gasteiger partial charge in [0.1, 0.15) is 22.3 Å². The molecule has 72 heavy (non-hydrogen) atoms. The maximum Gasteiger partial charge on any atom is 0.143 e. The summed E-state index contributed by atoms with van der Waals surface area (Å²) in [5.41, 5.74) is 16.5. The first kappa shape index (κ1) is 41.3. The van der Waals surface area contributed by atoms with Gasteiger partial charge in [-0.25, -0.2) is 0 Å². The maximum atomic E-state index is 6.94. The van der Waals surface area contributed by atoms with Crippen LogP contribution in [0.25, 0.3) is 98.8 Å². The molecule has 12 aromatic carbocycles. The third kappa shape index (κ3) is 7.08. The molecule has 0 aliphatic carbocycles. The van der Waals surface area contributed by atoms with Crippen LogP contribution >= 0.6 is 0 Å². The highest BCUT2D eigenvalue weighted by Crippen LogP contribution is 2.48. The number of hydrogen-bond donors (Lipinski definition) is 0. The number of hydrogen-bond acceptors (Lipinski definition) is 4. The molecule has 0 saturated carbocycles. The normalized spacial score (nSPS) is 11.6. The monoisotopic (exact) mass is 920 g/mol. The Labute approximate surface area is 416 Å². The first-order chi connectivity index (χ1) is 35.7. The van der Waals surface area contributed by atoms with Gasteiger partial charge in [-0.2, -0.15) is 0 Å². The molecule has 14 aromatic rings. The van der Waals surface area contributed by atoms with Gasteiger partial charge in [-0.05, 0) is 135 Å². The predicted octanol–water partition coefficient (Wildman–Crippen LogP) is 19.7. The molecule has 0 spiro atoms. The summed E-state index contributed by atoms with van der Waals surface area (Å²) in [6, 6.07) is 95.6. The average molecular weight is 921 g/mol. The van der Waals surface area contributed by atoms with E-state index < -0.39 is 0 Å². The van der Waals surface area contributed by atoms with Gasteiger partial charge in [0.05, 0.1) is 0 Å². The zero-order chi connectivity index (χ0) is 47.5. The van der Waals surface area contributed by atoms with Crippen LogP contribution in [0.5, 0.6) is 0 Å². The van der Waals surface area contributed by atoms with Gasteiger partial charge in [-0.15, -0.1) is 0 Å². The zero-order valence-corrected chi connectivity index (χ0v) is 39.1. The molecular formula is C68H44N2O2. The van der Waals surface area contributed by atoms with Crippen molar-refractivity contribution in [3.05, 3.63) is 267 Å². The van der Waals surface area contributed by atoms with Crippen molar-refractivity contribution in [2.75, 3.05) is 9.80 Å². The van der Waals surface area contributed by atoms with Gasteiger partial charge in [-0.1, -0.05) is 176 Å². The zero-order valence-electron chi connectivity index (χ0n) is 39.1. The second-order valence-electron chi connectivity index (χ2n) is 18.5. The van der Waals surface area contributed by atoms with Crippen LogP contribution in [0.2, 0.25) is 0 Å². The van der Waals surface area contributed by atoms with E-state index in [0.29, 0.717) is 0 Å². The number of anilines is 6. The molecule has 0 radical (unpaired) electrons. The highest BCUT2D eigenvalue weighted by atomic mass is 16.3. The van der Waals surface area contributed by atoms with Gasteiger partial charge in [0.15, 0.2) is 0 Å². The number of para-hydroxylation sites is 2. The lowest BCUT2D eigenvalue weighted by atomic mass is 9.94. The average Bonchev–Trinajstić information content (AvgIpc) is 4.03. The lowest BCUT2D eigenvalue weighted by molar-refractivity contribution is 0.669. The van der Waals surface area contributed by atoms with Crippen molar-refractivity contribution >= 4 is 99.5 Å². The van der Waals surface area contributed by atoms with Crippen molar-refractivity contribution in [3.63, 3.8) is 0 Å². The third-order valence-electron chi connectivity index (χ3n) is 14.2. The molecule has 338 valence electrons. The Kier molecular flexibility index (Phi) is 9.82. The van der Waals surface area contributed by atoms with Gasteiger partial charge in [0, 0.05) is 66.4 Å². The standard InChI is InChI=1S/C68H44N2O2/c1-4-16-45(17-5-1)47-28-33-52(34-29-47)69(53-35-30-48(31-36-53)46-18-6-2-7-19-46)55-40-50(62-44-64-61-38-32-49-20-10-11-23-57(49)67(61)72-68(64)60-26-13-12-24-58(60)62)41-56(42-55)70(51-21-8-3-9-22-51)54-37-39-66-63(43-54)59-25-14-15-27-65(59)71-66/h1-44H. The summed E-state index contributed by atoms with van der Waals surface area (Å²) in [5.74, 6) is 0. The van der Waals surface area contributed by atoms with Gasteiger partial charge >= 0.3 is 0 Å². The molecule has 0 unspecified atom stereocenters. The van der Waals surface area contributed by atoms with Gasteiger partial charge < -0.3 is 18.6 Å². The van der Waals surface area contributed by atoms with Crippen molar-refractivity contribution in [2.24, 2.45) is 0 Å². The minimum atomic E-state index is 0.853. The number of fused-ring (bicyclic) bond motifs is 10. The minimum absolute atomic E-state index is 0.853. The van der Waals surface area contributed by atoms with Gasteiger partial charge in [0.25, 0.3) is 0 Å². The first-order valence-corrected chi connectivity index (χ1v) is 24.5. The topological polar surface area (TPSA) is 32.8 Å². The second kappa shape index (κ2) is 17.1. The molecule has 0 N–H and O–H groups in total. The Hall–Kier alpha value is -9.64. The van der Waals surface area contributed by atoms with E-state index in [4.69, 9.17) is 8.83 Å². The molecule has 0 aliphatic rings. The van der Waals surface area contributed by atoms with E-state index in [1.54, 1.807) is 0 Å². The maximum absolute atomic E-state index is 6.94. The van der Waals surface area contributed by atoms with Crippen LogP contribution in [0.4, 0.5) is 34.1 Å². The van der Waals surface area contributed by atoms with Crippen LogP contribution in [0.3, 0.4) is 0 Å². The van der Waals surface area contributed by atoms with Crippen LogP contribution in [0.1, 0.15) is 0 Å². The molecule has 0 fully saturated rings. The Morgan fingerprint density at radius 2 is 0.694 bits per heavy atom. The number of furan rings is 2. The Balaban J connectivity index is 1.05. The quantitative estimate of drug-likeness (QED) is 0.144. The van der Waals surface area contributed by atoms with E-state index in [0.717, 1.165) is 122 Å². The lowest BCUT2D eigenvalue weighted by Gasteiger charge is -2.30. The fourth-order valence-electron chi connectivity index (χ4n) is 10.8. The summed E-state index contributed by atoms with van der Waals surface area (Å²) >= 11 is 0. The van der Waals surface area contributed by atoms with E-state index in [-0.39, 0.29) is 0 Å². The van der Waals surface area contributed by atoms with Crippen molar-refractivity contribution < 1.29 is 8.83 Å². The van der Waals surface area contributed by atoms with Crippen LogP contribution in [-0.2, 0) is 0 Å². The van der Waals surface area contributed by atoms with Crippen molar-refractivity contribution in [3.8, 4) is 33.4 Å². The van der Waals surface area contributed by atoms with Gasteiger partial charge in [-0.3, -0.25) is 0 Å². The molecule has 0 atom stereocenters. The molecule has 2 heterocycles. The van der Waals surface area contributed by atoms with Crippen LogP contribution in [0.15, 0.2) is 276 Å². The second-order valence-corrected chi connectivity index (χ2v) is 18.5. The van der Waals surface area contributed by atoms with Crippen LogP contribution in [0, 0.1) is 0 Å². The summed E-state index contributed by atoms with van der Waals surface area (Å²) in [5, 5.41) is 8.77. The van der Waals surface area contributed by atoms with Crippen LogP contribution in [-0.4, -0.2) is 0 Å². The van der Waals surface area contributed by atoms with E-state index in [1.165, 1.54) is 11.1 Å². The fraction of sp³-hybridized carbons (Fsp3) is 0. The van der Waals surface area contributed by atoms with E-state index in [1.807, 2.05) is 12.1 Å². The molecule has 0 bridgehead atoms. The molecule has 0 amide bonds. The van der Waals surface area contributed by atoms with Crippen molar-refractivity contribution in [2.45, 2.75) is 0 Å². The smallest absolute Gasteiger partial charge is 0.143 e. The molecular weight excluding hydrogens is 877 g/mol. The molecule has 4 heteroatoms. The number of benzene rings is 12. The van der Waals surface area contributed by atoms with E-state index in [9.17, 15) is 0 Å². The SMILES string of the molecule is c1ccc(-c2ccc(N(c3ccc(-c4ccccc4)cc3)c3cc(-c4cc5c6ccc7ccccc7c6oc5c5ccccc45)cc(N(c4ccccc4)c4ccc5oc6ccccc6c5c4)c3)cc2)cc1. The Bertz CT molecular complexity index is 4230. The van der Waals surface area contributed by atoms with E-state index >= 15 is 0 Å². The Morgan fingerprint density at radius 1 is 0.222 bits per heavy atom. The molecule has 4 nitrogen and oxygen atoms in total. The number of nitrogens with zero attached hydrogens (tertiary/aromatic N) is 2. The fourth-order valence-corrected chi connectivity index (χ4v) is 10.8. The van der Waals surface area contributed by atoms with Gasteiger partial charge in [0.2, 0.25) is 0 Å². The molecule has 14 rings (SSSR count). The Morgan fingerprint density at radius 3 is 1.36 bits per heavy atom. The van der Waals surface area contributed by atoms with Crippen molar-refractivity contribution in [1.29, 1.82) is 0 Å². The summed E-state index contributed by atoms with van der Waals surface area (Å²) < 4.78 is 13.3. The molecule has 0 saturated heterocycles. The minimum Gasteiger partial charge on any atom is -0.456 e. The summed E-state index contributed by atoms with van der Waals surface area (Å²) in [6.07, 6.45) is 0. The molecule has 0 aliphatic heterocycles. The van der Waals surface area contributed by atoms with E-state index in [2.05, 4.69) is 265 Å². The predicted molar refractivity (Wildman–Crippen MR) is 302 cm³/mol. The highest BCUT2D eigenvalue weighted by Gasteiger charge is 2.23. The summed E-state index contributed by atoms with van der Waals surface area (Å²) in [7, 11) is 0. The largest absolute Gasteiger partial charge is 0.456 e. The summed E-state index contributed by atoms with van der Waals surface area (Å²) in [4.78, 5) is 4.77. The third-order valence-corrected chi connectivity index (χ3v) is 14.2. The lowest BCUT2D eigenvalue weighted by Crippen LogP contribution is -2.13. The van der Waals surface area contributed by atoms with Crippen LogP contribution < -0.4 is 9.80 Å². The summed E-state index contributed by atoms with van der Waals surface area (Å²) in [6.45, 7) is 0. The first-order valence-electron chi connectivity index (χ1n) is 24.5. The van der Waals surface area contributed by atoms with Crippen molar-refractivity contribution in [1.82, 2.24) is 0 Å². The molecule has 2 aromatic heterocycles. The highest BCUT2D eigenvalue weighted by molar-refractivity contribution is 6.23. The number of rotatable bonds is 9.